The van der Waals surface area contributed by atoms with Crippen LogP contribution in [-0.2, 0) is 41.0 Å². The van der Waals surface area contributed by atoms with Gasteiger partial charge in [0.15, 0.2) is 5.85 Å². The molecule has 0 radical (unpaired) electrons. The van der Waals surface area contributed by atoms with Crippen molar-refractivity contribution in [3.05, 3.63) is 70.7 Å². The van der Waals surface area contributed by atoms with Crippen LogP contribution in [0.1, 0.15) is 76.3 Å². The van der Waals surface area contributed by atoms with E-state index in [1.165, 1.54) is 0 Å². The van der Waals surface area contributed by atoms with Gasteiger partial charge in [0.25, 0.3) is 0 Å². The first kappa shape index (κ1) is 37.9. The van der Waals surface area contributed by atoms with E-state index in [1.54, 1.807) is 38.1 Å². The van der Waals surface area contributed by atoms with Crippen molar-refractivity contribution in [1.82, 2.24) is 16.0 Å². The van der Waals surface area contributed by atoms with Crippen LogP contribution in [0.2, 0.25) is 5.02 Å². The molecule has 264 valence electrons. The Bertz CT molecular complexity index is 1380. The molecule has 1 heterocycles. The first-order valence-electron chi connectivity index (χ1n) is 17.0. The van der Waals surface area contributed by atoms with E-state index in [1.807, 2.05) is 30.3 Å². The highest BCUT2D eigenvalue weighted by Gasteiger charge is 2.44. The molecule has 0 aromatic heterocycles. The van der Waals surface area contributed by atoms with Crippen molar-refractivity contribution >= 4 is 37.1 Å². The van der Waals surface area contributed by atoms with Crippen molar-refractivity contribution in [3.8, 4) is 0 Å². The molecule has 0 spiro atoms. The predicted octanol–water partition coefficient (Wildman–Crippen LogP) is 6.11. The summed E-state index contributed by atoms with van der Waals surface area (Å²) in [6, 6.07) is 14.4. The van der Waals surface area contributed by atoms with Crippen molar-refractivity contribution in [1.29, 1.82) is 0 Å². The fraction of sp³-hybridized carbons (Fsp3) is 0.571. The number of alkyl carbamates (subject to hydrolysis) is 1. The molecule has 0 bridgehead atoms. The average molecular weight is 706 g/mol. The van der Waals surface area contributed by atoms with Gasteiger partial charge >= 0.3 is 13.7 Å². The van der Waals surface area contributed by atoms with Crippen LogP contribution in [0.5, 0.6) is 0 Å². The lowest BCUT2D eigenvalue weighted by atomic mass is 9.84. The maximum Gasteiger partial charge on any atom is 0.408 e. The number of ether oxygens (including phenoxy) is 1. The zero-order valence-corrected chi connectivity index (χ0v) is 29.4. The van der Waals surface area contributed by atoms with Crippen molar-refractivity contribution in [2.24, 2.45) is 11.8 Å². The molecule has 2 aromatic carbocycles. The minimum atomic E-state index is -4.12. The SMILES string of the molecule is CCOP(=O)(OCC)C(O)C(CC1CC(Cc2ccccc2)NC1=O)NC(=O)[C@H](CC1CCCCC1)NC(=O)OCc1cccc(Cl)c1. The second-order valence-electron chi connectivity index (χ2n) is 12.6. The molecule has 1 aliphatic heterocycles. The van der Waals surface area contributed by atoms with Gasteiger partial charge in [-0.15, -0.1) is 0 Å². The van der Waals surface area contributed by atoms with Crippen LogP contribution < -0.4 is 16.0 Å². The molecule has 4 unspecified atom stereocenters. The molecule has 4 rings (SSSR count). The van der Waals surface area contributed by atoms with Gasteiger partial charge in [0.1, 0.15) is 12.6 Å². The van der Waals surface area contributed by atoms with Gasteiger partial charge in [0.05, 0.1) is 19.3 Å². The molecule has 2 fully saturated rings. The molecule has 13 heteroatoms. The lowest BCUT2D eigenvalue weighted by Crippen LogP contribution is -2.54. The van der Waals surface area contributed by atoms with Gasteiger partial charge in [0.2, 0.25) is 11.8 Å². The number of aliphatic hydroxyl groups excluding tert-OH is 1. The number of carbonyl (C=O) groups is 3. The lowest BCUT2D eigenvalue weighted by Gasteiger charge is -2.32. The van der Waals surface area contributed by atoms with Crippen molar-refractivity contribution in [2.45, 2.75) is 102 Å². The van der Waals surface area contributed by atoms with E-state index in [0.717, 1.165) is 37.7 Å². The van der Waals surface area contributed by atoms with Gasteiger partial charge in [0, 0.05) is 17.0 Å². The molecule has 1 aliphatic carbocycles. The van der Waals surface area contributed by atoms with Crippen molar-refractivity contribution in [3.63, 3.8) is 0 Å². The summed E-state index contributed by atoms with van der Waals surface area (Å²) in [5, 5.41) is 20.6. The maximum absolute atomic E-state index is 14.0. The van der Waals surface area contributed by atoms with E-state index in [2.05, 4.69) is 16.0 Å². The van der Waals surface area contributed by atoms with Crippen LogP contribution in [0.4, 0.5) is 4.79 Å². The normalized spacial score (nSPS) is 20.4. The third kappa shape index (κ3) is 11.3. The lowest BCUT2D eigenvalue weighted by molar-refractivity contribution is -0.126. The Labute approximate surface area is 288 Å². The monoisotopic (exact) mass is 705 g/mol. The van der Waals surface area contributed by atoms with Gasteiger partial charge in [-0.2, -0.15) is 0 Å². The quantitative estimate of drug-likeness (QED) is 0.144. The third-order valence-corrected chi connectivity index (χ3v) is 11.4. The Balaban J connectivity index is 1.51. The zero-order valence-electron chi connectivity index (χ0n) is 27.8. The molecule has 2 aliphatic rings. The minimum absolute atomic E-state index is 0.00238. The topological polar surface area (TPSA) is 152 Å². The van der Waals surface area contributed by atoms with Crippen LogP contribution >= 0.6 is 19.2 Å². The maximum atomic E-state index is 14.0. The summed E-state index contributed by atoms with van der Waals surface area (Å²) < 4.78 is 30.1. The Kier molecular flexibility index (Phi) is 14.8. The number of carbonyl (C=O) groups excluding carboxylic acids is 3. The Hall–Kier alpha value is -2.95. The average Bonchev–Trinajstić information content (AvgIpc) is 3.41. The molecule has 3 amide bonds. The molecule has 2 aromatic rings. The first-order valence-corrected chi connectivity index (χ1v) is 19.0. The summed E-state index contributed by atoms with van der Waals surface area (Å²) in [5.41, 5.74) is 1.77. The number of nitrogens with one attached hydrogen (secondary N) is 3. The van der Waals surface area contributed by atoms with E-state index >= 15 is 0 Å². The number of amides is 3. The van der Waals surface area contributed by atoms with Crippen LogP contribution in [0.3, 0.4) is 0 Å². The van der Waals surface area contributed by atoms with Gasteiger partial charge in [-0.25, -0.2) is 4.79 Å². The number of rotatable bonds is 17. The Morgan fingerprint density at radius 2 is 1.67 bits per heavy atom. The van der Waals surface area contributed by atoms with E-state index < -0.39 is 43.4 Å². The van der Waals surface area contributed by atoms with Crippen LogP contribution in [0, 0.1) is 11.8 Å². The Morgan fingerprint density at radius 1 is 0.979 bits per heavy atom. The number of hydrogen-bond donors (Lipinski definition) is 4. The zero-order chi connectivity index (χ0) is 34.5. The van der Waals surface area contributed by atoms with Crippen molar-refractivity contribution < 1.29 is 37.8 Å². The first-order chi connectivity index (χ1) is 23.1. The molecule has 1 saturated carbocycles. The summed E-state index contributed by atoms with van der Waals surface area (Å²) in [4.78, 5) is 40.1. The van der Waals surface area contributed by atoms with Crippen LogP contribution in [0.25, 0.3) is 0 Å². The fourth-order valence-electron chi connectivity index (χ4n) is 6.63. The Morgan fingerprint density at radius 3 is 2.33 bits per heavy atom. The summed E-state index contributed by atoms with van der Waals surface area (Å²) in [6.07, 6.45) is 5.69. The van der Waals surface area contributed by atoms with Crippen LogP contribution in [-0.4, -0.2) is 60.2 Å². The van der Waals surface area contributed by atoms with Gasteiger partial charge < -0.3 is 34.8 Å². The van der Waals surface area contributed by atoms with E-state index in [-0.39, 0.29) is 44.1 Å². The summed E-state index contributed by atoms with van der Waals surface area (Å²) in [5.74, 6) is -2.94. The smallest absolute Gasteiger partial charge is 0.408 e. The number of hydrogen-bond acceptors (Lipinski definition) is 8. The van der Waals surface area contributed by atoms with Gasteiger partial charge in [-0.3, -0.25) is 14.2 Å². The number of aliphatic hydroxyl groups is 1. The van der Waals surface area contributed by atoms with Crippen LogP contribution in [0.15, 0.2) is 54.6 Å². The number of halogens is 1. The van der Waals surface area contributed by atoms with Gasteiger partial charge in [-0.05, 0) is 68.7 Å². The second-order valence-corrected chi connectivity index (χ2v) is 15.2. The highest BCUT2D eigenvalue weighted by atomic mass is 35.5. The molecular weight excluding hydrogens is 657 g/mol. The molecule has 11 nitrogen and oxygen atoms in total. The van der Waals surface area contributed by atoms with Gasteiger partial charge in [-0.1, -0.05) is 86.2 Å². The second kappa shape index (κ2) is 18.7. The fourth-order valence-corrected chi connectivity index (χ4v) is 8.58. The van der Waals surface area contributed by atoms with Crippen molar-refractivity contribution in [2.75, 3.05) is 13.2 Å². The molecule has 5 atom stereocenters. The van der Waals surface area contributed by atoms with E-state index in [0.29, 0.717) is 29.8 Å². The largest absolute Gasteiger partial charge is 0.445 e. The summed E-state index contributed by atoms with van der Waals surface area (Å²) >= 11 is 6.06. The molecule has 48 heavy (non-hydrogen) atoms. The summed E-state index contributed by atoms with van der Waals surface area (Å²) in [6.45, 7) is 3.22. The highest BCUT2D eigenvalue weighted by molar-refractivity contribution is 7.54. The molecule has 1 saturated heterocycles. The molecule has 4 N–H and O–H groups in total. The summed E-state index contributed by atoms with van der Waals surface area (Å²) in [7, 11) is -4.12. The minimum Gasteiger partial charge on any atom is -0.445 e. The number of benzene rings is 2. The van der Waals surface area contributed by atoms with E-state index in [4.69, 9.17) is 25.4 Å². The van der Waals surface area contributed by atoms with E-state index in [9.17, 15) is 24.1 Å². The predicted molar refractivity (Wildman–Crippen MR) is 183 cm³/mol. The standard InChI is InChI=1S/C35H49ClN3O8P/c1-3-46-48(44,47-4-2)34(42)31(22-27-21-29(37-32(27)40)19-24-12-7-5-8-13-24)38-33(41)30(20-25-14-9-6-10-15-25)39-35(43)45-23-26-16-11-17-28(36)18-26/h5,7-8,11-13,16-18,25,27,29-31,34,42H,3-4,6,9-10,14-15,19-23H2,1-2H3,(H,37,40)(H,38,41)(H,39,43)/t27?,29?,30-,31?,34?/m0/s1. The highest BCUT2D eigenvalue weighted by Crippen LogP contribution is 2.53. The molecular formula is C35H49ClN3O8P. The third-order valence-electron chi connectivity index (χ3n) is 8.94.